The van der Waals surface area contributed by atoms with Crippen molar-refractivity contribution in [1.29, 1.82) is 0 Å². The van der Waals surface area contributed by atoms with Crippen molar-refractivity contribution in [3.63, 3.8) is 0 Å². The number of carbonyl (C=O) groups is 2. The van der Waals surface area contributed by atoms with E-state index in [1.54, 1.807) is 0 Å². The Hall–Kier alpha value is -1.10. The van der Waals surface area contributed by atoms with Gasteiger partial charge in [0.25, 0.3) is 0 Å². The standard InChI is InChI=1S/C15H24O5/c1-4-14(2,3)13(17)20-15(7-9-18-10-8-15)11-5-6-12(16)19-11/h11H,4-10H2,1-3H3. The SMILES string of the molecule is CCC(C)(C)C(=O)OC1(C2CCC(=O)O2)CCOCC1. The lowest BCUT2D eigenvalue weighted by molar-refractivity contribution is -0.201. The third-order valence-electron chi connectivity index (χ3n) is 4.54. The number of carbonyl (C=O) groups excluding carboxylic acids is 2. The van der Waals surface area contributed by atoms with Gasteiger partial charge >= 0.3 is 11.9 Å². The van der Waals surface area contributed by atoms with Gasteiger partial charge in [-0.1, -0.05) is 6.92 Å². The van der Waals surface area contributed by atoms with Gasteiger partial charge in [-0.25, -0.2) is 0 Å². The Balaban J connectivity index is 2.15. The van der Waals surface area contributed by atoms with Crippen LogP contribution < -0.4 is 0 Å². The van der Waals surface area contributed by atoms with Crippen LogP contribution in [0.1, 0.15) is 52.9 Å². The van der Waals surface area contributed by atoms with Crippen molar-refractivity contribution in [3.8, 4) is 0 Å². The van der Waals surface area contributed by atoms with Crippen molar-refractivity contribution in [3.05, 3.63) is 0 Å². The minimum Gasteiger partial charge on any atom is -0.458 e. The average molecular weight is 284 g/mol. The fraction of sp³-hybridized carbons (Fsp3) is 0.867. The lowest BCUT2D eigenvalue weighted by atomic mass is 9.84. The molecule has 2 aliphatic heterocycles. The van der Waals surface area contributed by atoms with Gasteiger partial charge in [-0.3, -0.25) is 9.59 Å². The minimum atomic E-state index is -0.700. The summed E-state index contributed by atoms with van der Waals surface area (Å²) in [7, 11) is 0. The predicted molar refractivity (Wildman–Crippen MR) is 72.1 cm³/mol. The molecule has 0 aromatic rings. The highest BCUT2D eigenvalue weighted by Gasteiger charge is 2.49. The molecule has 114 valence electrons. The van der Waals surface area contributed by atoms with Crippen LogP contribution in [0.3, 0.4) is 0 Å². The van der Waals surface area contributed by atoms with E-state index < -0.39 is 11.0 Å². The summed E-state index contributed by atoms with van der Waals surface area (Å²) in [5, 5.41) is 0. The largest absolute Gasteiger partial charge is 0.458 e. The summed E-state index contributed by atoms with van der Waals surface area (Å²) in [6.45, 7) is 6.79. The third kappa shape index (κ3) is 2.97. The van der Waals surface area contributed by atoms with Crippen molar-refractivity contribution in [2.24, 2.45) is 5.41 Å². The fourth-order valence-corrected chi connectivity index (χ4v) is 2.57. The second kappa shape index (κ2) is 5.72. The molecule has 1 atom stereocenters. The van der Waals surface area contributed by atoms with Crippen LogP contribution in [0.4, 0.5) is 0 Å². The van der Waals surface area contributed by atoms with Crippen LogP contribution in [0.5, 0.6) is 0 Å². The molecule has 0 bridgehead atoms. The van der Waals surface area contributed by atoms with Crippen LogP contribution in [-0.4, -0.2) is 36.9 Å². The summed E-state index contributed by atoms with van der Waals surface area (Å²) in [6, 6.07) is 0. The predicted octanol–water partition coefficient (Wildman–Crippen LogP) is 2.22. The molecule has 1 unspecified atom stereocenters. The average Bonchev–Trinajstić information content (AvgIpc) is 2.87. The normalized spacial score (nSPS) is 26.1. The molecule has 2 fully saturated rings. The Morgan fingerprint density at radius 2 is 2.05 bits per heavy atom. The maximum absolute atomic E-state index is 12.4. The Kier molecular flexibility index (Phi) is 4.37. The Bertz CT molecular complexity index is 382. The molecule has 0 aromatic heterocycles. The third-order valence-corrected chi connectivity index (χ3v) is 4.54. The number of hydrogen-bond donors (Lipinski definition) is 0. The van der Waals surface area contributed by atoms with Crippen LogP contribution in [0.25, 0.3) is 0 Å². The van der Waals surface area contributed by atoms with Crippen molar-refractivity contribution < 1.29 is 23.8 Å². The second-order valence-electron chi connectivity index (χ2n) is 6.32. The zero-order valence-corrected chi connectivity index (χ0v) is 12.6. The lowest BCUT2D eigenvalue weighted by Crippen LogP contribution is -2.52. The van der Waals surface area contributed by atoms with E-state index in [-0.39, 0.29) is 18.0 Å². The first-order chi connectivity index (χ1) is 9.39. The van der Waals surface area contributed by atoms with E-state index in [1.807, 2.05) is 20.8 Å². The van der Waals surface area contributed by atoms with E-state index in [9.17, 15) is 9.59 Å². The minimum absolute atomic E-state index is 0.202. The highest BCUT2D eigenvalue weighted by atomic mass is 16.6. The number of hydrogen-bond acceptors (Lipinski definition) is 5. The van der Waals surface area contributed by atoms with Crippen LogP contribution >= 0.6 is 0 Å². The second-order valence-corrected chi connectivity index (χ2v) is 6.32. The highest BCUT2D eigenvalue weighted by Crippen LogP contribution is 2.38. The van der Waals surface area contributed by atoms with Gasteiger partial charge in [-0.15, -0.1) is 0 Å². The maximum atomic E-state index is 12.4. The van der Waals surface area contributed by atoms with Gasteiger partial charge in [0.15, 0.2) is 5.60 Å². The van der Waals surface area contributed by atoms with Gasteiger partial charge < -0.3 is 14.2 Å². The van der Waals surface area contributed by atoms with Gasteiger partial charge in [-0.2, -0.15) is 0 Å². The topological polar surface area (TPSA) is 61.8 Å². The molecule has 0 amide bonds. The Labute approximate surface area is 120 Å². The summed E-state index contributed by atoms with van der Waals surface area (Å²) in [5.41, 5.74) is -1.22. The first kappa shape index (κ1) is 15.3. The van der Waals surface area contributed by atoms with Gasteiger partial charge in [0.05, 0.1) is 18.6 Å². The Morgan fingerprint density at radius 1 is 1.40 bits per heavy atom. The zero-order chi connectivity index (χ0) is 14.8. The summed E-state index contributed by atoms with van der Waals surface area (Å²) < 4.78 is 16.6. The number of esters is 2. The molecule has 0 aromatic carbocycles. The van der Waals surface area contributed by atoms with Gasteiger partial charge in [-0.05, 0) is 26.7 Å². The van der Waals surface area contributed by atoms with Crippen molar-refractivity contribution >= 4 is 11.9 Å². The molecular formula is C15H24O5. The van der Waals surface area contributed by atoms with E-state index in [0.717, 1.165) is 0 Å². The molecular weight excluding hydrogens is 260 g/mol. The first-order valence-electron chi connectivity index (χ1n) is 7.40. The van der Waals surface area contributed by atoms with Crippen LogP contribution in [-0.2, 0) is 23.8 Å². The fourth-order valence-electron chi connectivity index (χ4n) is 2.57. The smallest absolute Gasteiger partial charge is 0.312 e. The van der Waals surface area contributed by atoms with Gasteiger partial charge in [0.1, 0.15) is 6.10 Å². The summed E-state index contributed by atoms with van der Waals surface area (Å²) >= 11 is 0. The van der Waals surface area contributed by atoms with E-state index in [4.69, 9.17) is 14.2 Å². The molecule has 5 heteroatoms. The Morgan fingerprint density at radius 3 is 2.55 bits per heavy atom. The molecule has 0 saturated carbocycles. The molecule has 5 nitrogen and oxygen atoms in total. The molecule has 0 aliphatic carbocycles. The molecule has 2 heterocycles. The van der Waals surface area contributed by atoms with E-state index >= 15 is 0 Å². The van der Waals surface area contributed by atoms with Gasteiger partial charge in [0.2, 0.25) is 0 Å². The van der Waals surface area contributed by atoms with E-state index in [1.165, 1.54) is 0 Å². The van der Waals surface area contributed by atoms with Crippen molar-refractivity contribution in [2.75, 3.05) is 13.2 Å². The lowest BCUT2D eigenvalue weighted by Gasteiger charge is -2.41. The number of ether oxygens (including phenoxy) is 3. The van der Waals surface area contributed by atoms with E-state index in [2.05, 4.69) is 0 Å². The molecule has 0 radical (unpaired) electrons. The molecule has 2 aliphatic rings. The van der Waals surface area contributed by atoms with Crippen molar-refractivity contribution in [1.82, 2.24) is 0 Å². The van der Waals surface area contributed by atoms with Crippen LogP contribution in [0.15, 0.2) is 0 Å². The summed E-state index contributed by atoms with van der Waals surface area (Å²) in [4.78, 5) is 23.8. The number of cyclic esters (lactones) is 1. The molecule has 2 rings (SSSR count). The van der Waals surface area contributed by atoms with Gasteiger partial charge in [0, 0.05) is 19.3 Å². The number of rotatable bonds is 4. The first-order valence-corrected chi connectivity index (χ1v) is 7.40. The summed E-state index contributed by atoms with van der Waals surface area (Å²) in [5.74, 6) is -0.420. The zero-order valence-electron chi connectivity index (χ0n) is 12.6. The molecule has 2 saturated heterocycles. The quantitative estimate of drug-likeness (QED) is 0.741. The van der Waals surface area contributed by atoms with Crippen LogP contribution in [0, 0.1) is 5.41 Å². The summed E-state index contributed by atoms with van der Waals surface area (Å²) in [6.07, 6.45) is 2.60. The van der Waals surface area contributed by atoms with E-state index in [0.29, 0.717) is 45.3 Å². The molecule has 0 N–H and O–H groups in total. The molecule has 0 spiro atoms. The highest BCUT2D eigenvalue weighted by molar-refractivity contribution is 5.76. The van der Waals surface area contributed by atoms with Crippen LogP contribution in [0.2, 0.25) is 0 Å². The maximum Gasteiger partial charge on any atom is 0.312 e. The van der Waals surface area contributed by atoms with Crippen molar-refractivity contribution in [2.45, 2.75) is 64.6 Å². The monoisotopic (exact) mass is 284 g/mol. The molecule has 20 heavy (non-hydrogen) atoms.